The van der Waals surface area contributed by atoms with E-state index in [1.165, 1.54) is 12.1 Å². The van der Waals surface area contributed by atoms with Crippen LogP contribution in [0.2, 0.25) is 0 Å². The van der Waals surface area contributed by atoms with Gasteiger partial charge in [-0.05, 0) is 48.5 Å². The Labute approximate surface area is 170 Å². The fraction of sp³-hybridized carbons (Fsp3) is 0.0417. The van der Waals surface area contributed by atoms with Crippen LogP contribution in [0.4, 0.5) is 8.78 Å². The lowest BCUT2D eigenvalue weighted by Crippen LogP contribution is -2.11. The van der Waals surface area contributed by atoms with Crippen LogP contribution in [0.15, 0.2) is 71.3 Å². The van der Waals surface area contributed by atoms with Gasteiger partial charge in [-0.1, -0.05) is 12.1 Å². The molecule has 2 heterocycles. The molecule has 6 heteroatoms. The van der Waals surface area contributed by atoms with Gasteiger partial charge >= 0.3 is 0 Å². The van der Waals surface area contributed by atoms with Crippen molar-refractivity contribution in [3.05, 3.63) is 95.8 Å². The smallest absolute Gasteiger partial charge is 0.249 e. The summed E-state index contributed by atoms with van der Waals surface area (Å²) >= 11 is 0. The summed E-state index contributed by atoms with van der Waals surface area (Å²) in [6, 6.07) is 19.2. The Balaban J connectivity index is 1.82. The van der Waals surface area contributed by atoms with Crippen LogP contribution in [0.5, 0.6) is 0 Å². The van der Waals surface area contributed by atoms with Gasteiger partial charge in [0.05, 0.1) is 23.8 Å². The minimum atomic E-state index is -0.637. The molecule has 30 heavy (non-hydrogen) atoms. The van der Waals surface area contributed by atoms with Crippen LogP contribution >= 0.6 is 0 Å². The van der Waals surface area contributed by atoms with E-state index in [2.05, 4.69) is 6.07 Å². The van der Waals surface area contributed by atoms with Crippen LogP contribution in [0.3, 0.4) is 0 Å². The summed E-state index contributed by atoms with van der Waals surface area (Å²) in [5, 5.41) is 1.34. The molecule has 0 aliphatic heterocycles. The number of carbonyl (C=O) groups is 1. The molecule has 0 aliphatic carbocycles. The number of primary amides is 1. The van der Waals surface area contributed by atoms with Gasteiger partial charge in [0.15, 0.2) is 0 Å². The molecule has 0 spiro atoms. The number of hydrogen-bond donors (Lipinski definition) is 1. The Hall–Kier alpha value is -3.93. The maximum atomic E-state index is 14.4. The van der Waals surface area contributed by atoms with Crippen molar-refractivity contribution in [1.29, 1.82) is 0 Å². The maximum Gasteiger partial charge on any atom is 0.249 e. The first-order valence-corrected chi connectivity index (χ1v) is 9.27. The summed E-state index contributed by atoms with van der Waals surface area (Å²) in [6.07, 6.45) is 1.58. The monoisotopic (exact) mass is 401 g/mol. The lowest BCUT2D eigenvalue weighted by Gasteiger charge is -2.10. The van der Waals surface area contributed by atoms with Crippen molar-refractivity contribution in [2.45, 2.75) is 6.54 Å². The molecule has 0 aliphatic rings. The molecule has 5 rings (SSSR count). The summed E-state index contributed by atoms with van der Waals surface area (Å²) < 4.78 is 35.1. The SMILES string of the molecule is NC(=O)c1cccc2c1c1[c]cc(-c3ccco3)cc1n2Cc1ccc(F)cc1F. The molecule has 147 valence electrons. The molecule has 0 saturated carbocycles. The zero-order valence-corrected chi connectivity index (χ0v) is 15.7. The number of rotatable bonds is 4. The highest BCUT2D eigenvalue weighted by Crippen LogP contribution is 2.35. The van der Waals surface area contributed by atoms with Gasteiger partial charge in [-0.25, -0.2) is 8.78 Å². The molecule has 1 radical (unpaired) electrons. The summed E-state index contributed by atoms with van der Waals surface area (Å²) in [5.41, 5.74) is 8.51. The van der Waals surface area contributed by atoms with Crippen LogP contribution in [0.1, 0.15) is 15.9 Å². The first kappa shape index (κ1) is 18.1. The van der Waals surface area contributed by atoms with E-state index in [1.54, 1.807) is 30.5 Å². The van der Waals surface area contributed by atoms with Crippen molar-refractivity contribution in [2.75, 3.05) is 0 Å². The molecule has 4 nitrogen and oxygen atoms in total. The van der Waals surface area contributed by atoms with Gasteiger partial charge in [0.25, 0.3) is 0 Å². The molecule has 0 bridgehead atoms. The Bertz CT molecular complexity index is 1420. The second-order valence-corrected chi connectivity index (χ2v) is 7.01. The Kier molecular flexibility index (Phi) is 4.13. The lowest BCUT2D eigenvalue weighted by atomic mass is 10.0. The third-order valence-corrected chi connectivity index (χ3v) is 5.21. The number of carbonyl (C=O) groups excluding carboxylic acids is 1. The standard InChI is InChI=1S/C24H15F2N2O2/c25-16-8-6-15(19(26)12-16)13-28-20-4-1-3-18(24(27)29)23(20)17-9-7-14(11-21(17)28)22-5-2-10-30-22/h1-8,10-12H,13H2,(H2,27,29). The third kappa shape index (κ3) is 2.85. The molecule has 0 fully saturated rings. The van der Waals surface area contributed by atoms with Gasteiger partial charge in [-0.15, -0.1) is 0 Å². The normalized spacial score (nSPS) is 11.4. The van der Waals surface area contributed by atoms with Gasteiger partial charge in [0.2, 0.25) is 5.91 Å². The van der Waals surface area contributed by atoms with Gasteiger partial charge in [0.1, 0.15) is 17.4 Å². The van der Waals surface area contributed by atoms with E-state index in [0.29, 0.717) is 33.2 Å². The number of fused-ring (bicyclic) bond motifs is 3. The number of nitrogens with zero attached hydrogens (tertiary/aromatic N) is 1. The van der Waals surface area contributed by atoms with Crippen LogP contribution in [0.25, 0.3) is 33.1 Å². The summed E-state index contributed by atoms with van der Waals surface area (Å²) in [5.74, 6) is -1.17. The molecule has 0 atom stereocenters. The topological polar surface area (TPSA) is 61.2 Å². The van der Waals surface area contributed by atoms with Crippen molar-refractivity contribution in [2.24, 2.45) is 5.73 Å². The van der Waals surface area contributed by atoms with Crippen molar-refractivity contribution >= 4 is 27.7 Å². The highest BCUT2D eigenvalue weighted by atomic mass is 19.1. The van der Waals surface area contributed by atoms with E-state index in [0.717, 1.165) is 17.1 Å². The van der Waals surface area contributed by atoms with Gasteiger partial charge < -0.3 is 14.7 Å². The summed E-state index contributed by atoms with van der Waals surface area (Å²) in [6.45, 7) is 0.143. The molecule has 0 unspecified atom stereocenters. The lowest BCUT2D eigenvalue weighted by molar-refractivity contribution is 0.100. The molecular formula is C24H15F2N2O2. The predicted octanol–water partition coefficient (Wildman–Crippen LogP) is 5.28. The van der Waals surface area contributed by atoms with Crippen LogP contribution in [0, 0.1) is 17.7 Å². The van der Waals surface area contributed by atoms with Gasteiger partial charge in [-0.2, -0.15) is 0 Å². The number of amides is 1. The number of aromatic nitrogens is 1. The van der Waals surface area contributed by atoms with E-state index in [9.17, 15) is 13.6 Å². The summed E-state index contributed by atoms with van der Waals surface area (Å²) in [7, 11) is 0. The first-order valence-electron chi connectivity index (χ1n) is 9.27. The van der Waals surface area contributed by atoms with E-state index >= 15 is 0 Å². The highest BCUT2D eigenvalue weighted by molar-refractivity contribution is 6.18. The Morgan fingerprint density at radius 1 is 1.07 bits per heavy atom. The van der Waals surface area contributed by atoms with Crippen LogP contribution < -0.4 is 5.73 Å². The number of hydrogen-bond acceptors (Lipinski definition) is 2. The van der Waals surface area contributed by atoms with E-state index in [-0.39, 0.29) is 6.54 Å². The maximum absolute atomic E-state index is 14.4. The highest BCUT2D eigenvalue weighted by Gasteiger charge is 2.18. The van der Waals surface area contributed by atoms with Crippen molar-refractivity contribution in [1.82, 2.24) is 4.57 Å². The minimum Gasteiger partial charge on any atom is -0.464 e. The third-order valence-electron chi connectivity index (χ3n) is 5.21. The van der Waals surface area contributed by atoms with Crippen LogP contribution in [-0.4, -0.2) is 10.5 Å². The zero-order chi connectivity index (χ0) is 20.8. The molecule has 5 aromatic rings. The Morgan fingerprint density at radius 3 is 2.67 bits per heavy atom. The largest absolute Gasteiger partial charge is 0.464 e. The van der Waals surface area contributed by atoms with E-state index in [1.807, 2.05) is 22.8 Å². The summed E-state index contributed by atoms with van der Waals surface area (Å²) in [4.78, 5) is 12.1. The number of benzene rings is 3. The second kappa shape index (κ2) is 6.84. The fourth-order valence-corrected chi connectivity index (χ4v) is 3.84. The molecule has 0 saturated heterocycles. The average molecular weight is 401 g/mol. The first-order chi connectivity index (χ1) is 14.5. The van der Waals surface area contributed by atoms with E-state index in [4.69, 9.17) is 10.2 Å². The second-order valence-electron chi connectivity index (χ2n) is 7.01. The van der Waals surface area contributed by atoms with Gasteiger partial charge in [0, 0.05) is 33.5 Å². The minimum absolute atomic E-state index is 0.143. The molecule has 2 N–H and O–H groups in total. The Morgan fingerprint density at radius 2 is 1.93 bits per heavy atom. The van der Waals surface area contributed by atoms with Crippen molar-refractivity contribution in [3.63, 3.8) is 0 Å². The predicted molar refractivity (Wildman–Crippen MR) is 110 cm³/mol. The molecule has 2 aromatic heterocycles. The quantitative estimate of drug-likeness (QED) is 0.445. The average Bonchev–Trinajstić information content (AvgIpc) is 3.36. The number of nitrogens with two attached hydrogens (primary N) is 1. The molecule has 1 amide bonds. The van der Waals surface area contributed by atoms with Gasteiger partial charge in [-0.3, -0.25) is 4.79 Å². The molecule has 3 aromatic carbocycles. The molecular weight excluding hydrogens is 386 g/mol. The zero-order valence-electron chi connectivity index (χ0n) is 15.7. The fourth-order valence-electron chi connectivity index (χ4n) is 3.84. The van der Waals surface area contributed by atoms with Crippen molar-refractivity contribution < 1.29 is 18.0 Å². The van der Waals surface area contributed by atoms with E-state index < -0.39 is 17.5 Å². The number of halogens is 2. The van der Waals surface area contributed by atoms with Crippen LogP contribution in [-0.2, 0) is 6.54 Å². The number of furan rings is 1. The van der Waals surface area contributed by atoms with Crippen molar-refractivity contribution in [3.8, 4) is 11.3 Å².